The first-order valence-corrected chi connectivity index (χ1v) is 4.59. The summed E-state index contributed by atoms with van der Waals surface area (Å²) >= 11 is 0. The van der Waals surface area contributed by atoms with Crippen LogP contribution in [0.1, 0.15) is 11.1 Å². The Morgan fingerprint density at radius 2 is 1.93 bits per heavy atom. The summed E-state index contributed by atoms with van der Waals surface area (Å²) in [5.41, 5.74) is 2.35. The Kier molecular flexibility index (Phi) is 3.77. The molecule has 0 aliphatic carbocycles. The summed E-state index contributed by atoms with van der Waals surface area (Å²) in [6, 6.07) is 3.96. The first-order chi connectivity index (χ1) is 6.74. The molecule has 0 fully saturated rings. The average molecular weight is 195 g/mol. The molecule has 0 aliphatic heterocycles. The standard InChI is InChI=1S/C11H17NO2/c1-8-5-6-10(13-3)11(14-4)9(8)7-12-2/h5-6,12H,7H2,1-4H3. The molecule has 0 saturated heterocycles. The Balaban J connectivity index is 3.20. The molecule has 0 aromatic heterocycles. The van der Waals surface area contributed by atoms with Crippen LogP contribution in [0.25, 0.3) is 0 Å². The highest BCUT2D eigenvalue weighted by Gasteiger charge is 2.11. The predicted octanol–water partition coefficient (Wildman–Crippen LogP) is 1.73. The van der Waals surface area contributed by atoms with Gasteiger partial charge in [0.2, 0.25) is 0 Å². The summed E-state index contributed by atoms with van der Waals surface area (Å²) in [7, 11) is 5.23. The third-order valence-corrected chi connectivity index (χ3v) is 2.24. The minimum Gasteiger partial charge on any atom is -0.493 e. The highest BCUT2D eigenvalue weighted by atomic mass is 16.5. The molecule has 78 valence electrons. The molecule has 0 unspecified atom stereocenters. The quantitative estimate of drug-likeness (QED) is 0.793. The van der Waals surface area contributed by atoms with Crippen LogP contribution < -0.4 is 14.8 Å². The molecule has 0 radical (unpaired) electrons. The molecule has 0 bridgehead atoms. The van der Waals surface area contributed by atoms with Gasteiger partial charge >= 0.3 is 0 Å². The van der Waals surface area contributed by atoms with Crippen LogP contribution in [0.5, 0.6) is 11.5 Å². The number of hydrogen-bond donors (Lipinski definition) is 1. The zero-order valence-electron chi connectivity index (χ0n) is 9.18. The molecule has 0 saturated carbocycles. The van der Waals surface area contributed by atoms with Crippen molar-refractivity contribution >= 4 is 0 Å². The molecule has 3 nitrogen and oxygen atoms in total. The lowest BCUT2D eigenvalue weighted by molar-refractivity contribution is 0.350. The van der Waals surface area contributed by atoms with Gasteiger partial charge in [0.05, 0.1) is 14.2 Å². The molecule has 1 N–H and O–H groups in total. The van der Waals surface area contributed by atoms with Crippen molar-refractivity contribution in [3.63, 3.8) is 0 Å². The fourth-order valence-electron chi connectivity index (χ4n) is 1.49. The van der Waals surface area contributed by atoms with Crippen molar-refractivity contribution in [1.29, 1.82) is 0 Å². The fourth-order valence-corrected chi connectivity index (χ4v) is 1.49. The van der Waals surface area contributed by atoms with Crippen LogP contribution in [0.15, 0.2) is 12.1 Å². The zero-order valence-corrected chi connectivity index (χ0v) is 9.18. The number of nitrogens with one attached hydrogen (secondary N) is 1. The summed E-state index contributed by atoms with van der Waals surface area (Å²) in [4.78, 5) is 0. The van der Waals surface area contributed by atoms with Gasteiger partial charge in [-0.25, -0.2) is 0 Å². The summed E-state index contributed by atoms with van der Waals surface area (Å²) < 4.78 is 10.6. The highest BCUT2D eigenvalue weighted by Crippen LogP contribution is 2.32. The van der Waals surface area contributed by atoms with Gasteiger partial charge in [-0.1, -0.05) is 6.07 Å². The van der Waals surface area contributed by atoms with Gasteiger partial charge in [0.15, 0.2) is 11.5 Å². The lowest BCUT2D eigenvalue weighted by Crippen LogP contribution is -2.09. The summed E-state index contributed by atoms with van der Waals surface area (Å²) in [5.74, 6) is 1.60. The molecule has 0 aliphatic rings. The van der Waals surface area contributed by atoms with Crippen molar-refractivity contribution in [1.82, 2.24) is 5.32 Å². The molecular weight excluding hydrogens is 178 g/mol. The smallest absolute Gasteiger partial charge is 0.165 e. The van der Waals surface area contributed by atoms with Crippen molar-refractivity contribution in [3.8, 4) is 11.5 Å². The summed E-state index contributed by atoms with van der Waals surface area (Å²) in [6.07, 6.45) is 0. The first-order valence-electron chi connectivity index (χ1n) is 4.59. The van der Waals surface area contributed by atoms with E-state index in [1.54, 1.807) is 14.2 Å². The second-order valence-electron chi connectivity index (χ2n) is 3.13. The van der Waals surface area contributed by atoms with E-state index in [-0.39, 0.29) is 0 Å². The molecule has 0 spiro atoms. The molecule has 14 heavy (non-hydrogen) atoms. The highest BCUT2D eigenvalue weighted by molar-refractivity contribution is 5.50. The van der Waals surface area contributed by atoms with Crippen LogP contribution >= 0.6 is 0 Å². The molecule has 0 amide bonds. The second kappa shape index (κ2) is 4.86. The fraction of sp³-hybridized carbons (Fsp3) is 0.455. The number of aryl methyl sites for hydroxylation is 1. The van der Waals surface area contributed by atoms with Crippen molar-refractivity contribution in [2.45, 2.75) is 13.5 Å². The molecular formula is C11H17NO2. The van der Waals surface area contributed by atoms with Crippen molar-refractivity contribution in [2.24, 2.45) is 0 Å². The Morgan fingerprint density at radius 3 is 2.43 bits per heavy atom. The van der Waals surface area contributed by atoms with E-state index in [0.29, 0.717) is 0 Å². The minimum absolute atomic E-state index is 0.781. The normalized spacial score (nSPS) is 10.0. The van der Waals surface area contributed by atoms with Crippen molar-refractivity contribution in [3.05, 3.63) is 23.3 Å². The molecule has 0 atom stereocenters. The number of hydrogen-bond acceptors (Lipinski definition) is 3. The Bertz CT molecular complexity index is 310. The van der Waals surface area contributed by atoms with Crippen LogP contribution in [-0.4, -0.2) is 21.3 Å². The van der Waals surface area contributed by atoms with Crippen molar-refractivity contribution < 1.29 is 9.47 Å². The second-order valence-corrected chi connectivity index (χ2v) is 3.13. The van der Waals surface area contributed by atoms with Gasteiger partial charge < -0.3 is 14.8 Å². The number of benzene rings is 1. The van der Waals surface area contributed by atoms with Crippen LogP contribution in [-0.2, 0) is 6.54 Å². The Morgan fingerprint density at radius 1 is 1.21 bits per heavy atom. The van der Waals surface area contributed by atoms with E-state index >= 15 is 0 Å². The third kappa shape index (κ3) is 1.99. The third-order valence-electron chi connectivity index (χ3n) is 2.24. The SMILES string of the molecule is CNCc1c(C)ccc(OC)c1OC. The predicted molar refractivity (Wildman–Crippen MR) is 57.0 cm³/mol. The maximum Gasteiger partial charge on any atom is 0.165 e. The number of rotatable bonds is 4. The molecule has 1 rings (SSSR count). The molecule has 3 heteroatoms. The Hall–Kier alpha value is -1.22. The molecule has 1 aromatic rings. The molecule has 0 heterocycles. The Labute approximate surface area is 85.0 Å². The topological polar surface area (TPSA) is 30.5 Å². The summed E-state index contributed by atoms with van der Waals surface area (Å²) in [6.45, 7) is 2.85. The number of methoxy groups -OCH3 is 2. The van der Waals surface area contributed by atoms with Crippen LogP contribution in [0.3, 0.4) is 0 Å². The molecule has 1 aromatic carbocycles. The lowest BCUT2D eigenvalue weighted by Gasteiger charge is -2.14. The van der Waals surface area contributed by atoms with Gasteiger partial charge in [0.1, 0.15) is 0 Å². The summed E-state index contributed by atoms with van der Waals surface area (Å²) in [5, 5.41) is 3.12. The van der Waals surface area contributed by atoms with Gasteiger partial charge in [0, 0.05) is 12.1 Å². The van der Waals surface area contributed by atoms with Crippen LogP contribution in [0.2, 0.25) is 0 Å². The van der Waals surface area contributed by atoms with Gasteiger partial charge in [-0.05, 0) is 25.6 Å². The van der Waals surface area contributed by atoms with E-state index in [1.165, 1.54) is 5.56 Å². The van der Waals surface area contributed by atoms with E-state index in [0.717, 1.165) is 23.6 Å². The first kappa shape index (κ1) is 10.9. The maximum atomic E-state index is 5.34. The minimum atomic E-state index is 0.781. The van der Waals surface area contributed by atoms with Gasteiger partial charge in [-0.15, -0.1) is 0 Å². The number of ether oxygens (including phenoxy) is 2. The zero-order chi connectivity index (χ0) is 10.6. The van der Waals surface area contributed by atoms with E-state index in [4.69, 9.17) is 9.47 Å². The van der Waals surface area contributed by atoms with Gasteiger partial charge in [-0.2, -0.15) is 0 Å². The van der Waals surface area contributed by atoms with E-state index in [9.17, 15) is 0 Å². The lowest BCUT2D eigenvalue weighted by atomic mass is 10.1. The van der Waals surface area contributed by atoms with Crippen LogP contribution in [0, 0.1) is 6.92 Å². The largest absolute Gasteiger partial charge is 0.493 e. The average Bonchev–Trinajstić information content (AvgIpc) is 2.21. The van der Waals surface area contributed by atoms with E-state index in [1.807, 2.05) is 19.2 Å². The monoisotopic (exact) mass is 195 g/mol. The van der Waals surface area contributed by atoms with Crippen LogP contribution in [0.4, 0.5) is 0 Å². The maximum absolute atomic E-state index is 5.34. The van der Waals surface area contributed by atoms with E-state index < -0.39 is 0 Å². The van der Waals surface area contributed by atoms with Gasteiger partial charge in [0.25, 0.3) is 0 Å². The van der Waals surface area contributed by atoms with Crippen molar-refractivity contribution in [2.75, 3.05) is 21.3 Å². The van der Waals surface area contributed by atoms with E-state index in [2.05, 4.69) is 12.2 Å². The van der Waals surface area contributed by atoms with Gasteiger partial charge in [-0.3, -0.25) is 0 Å².